The lowest BCUT2D eigenvalue weighted by molar-refractivity contribution is -0.139. The number of hydrogen-bond donors (Lipinski definition) is 1. The highest BCUT2D eigenvalue weighted by molar-refractivity contribution is 6.30. The van der Waals surface area contributed by atoms with Gasteiger partial charge < -0.3 is 10.0 Å². The van der Waals surface area contributed by atoms with Crippen molar-refractivity contribution in [1.82, 2.24) is 0 Å². The van der Waals surface area contributed by atoms with Gasteiger partial charge in [0.05, 0.1) is 5.92 Å². The molecule has 0 aromatic heterocycles. The quantitative estimate of drug-likeness (QED) is 0.934. The van der Waals surface area contributed by atoms with E-state index in [1.807, 2.05) is 48.5 Å². The smallest absolute Gasteiger partial charge is 0.311 e. The Balaban J connectivity index is 1.91. The topological polar surface area (TPSA) is 40.5 Å². The van der Waals surface area contributed by atoms with E-state index in [1.165, 1.54) is 0 Å². The van der Waals surface area contributed by atoms with Crippen LogP contribution in [-0.2, 0) is 11.3 Å². The van der Waals surface area contributed by atoms with Crippen molar-refractivity contribution in [3.05, 3.63) is 64.7 Å². The molecule has 0 aliphatic carbocycles. The second-order valence-corrected chi connectivity index (χ2v) is 5.73. The number of benzene rings is 2. The van der Waals surface area contributed by atoms with E-state index in [0.29, 0.717) is 6.42 Å². The lowest BCUT2D eigenvalue weighted by Crippen LogP contribution is -2.33. The lowest BCUT2D eigenvalue weighted by atomic mass is 9.90. The summed E-state index contributed by atoms with van der Waals surface area (Å²) in [5.41, 5.74) is 3.04. The van der Waals surface area contributed by atoms with Gasteiger partial charge in [-0.2, -0.15) is 0 Å². The zero-order chi connectivity index (χ0) is 14.8. The Bertz CT molecular complexity index is 671. The summed E-state index contributed by atoms with van der Waals surface area (Å²) in [4.78, 5) is 13.6. The van der Waals surface area contributed by atoms with Crippen LogP contribution in [0.4, 0.5) is 5.69 Å². The van der Waals surface area contributed by atoms with Gasteiger partial charge in [-0.1, -0.05) is 41.9 Å². The van der Waals surface area contributed by atoms with Crippen LogP contribution in [0, 0.1) is 0 Å². The number of carboxylic acids is 1. The van der Waals surface area contributed by atoms with E-state index in [0.717, 1.165) is 34.9 Å². The fourth-order valence-corrected chi connectivity index (χ4v) is 3.12. The van der Waals surface area contributed by atoms with Gasteiger partial charge >= 0.3 is 5.97 Å². The average Bonchev–Trinajstić information content (AvgIpc) is 2.47. The van der Waals surface area contributed by atoms with Crippen LogP contribution in [0.5, 0.6) is 0 Å². The molecule has 3 rings (SSSR count). The predicted octanol–water partition coefficient (Wildman–Crippen LogP) is 3.92. The fraction of sp³-hybridized carbons (Fsp3) is 0.235. The number of rotatable bonds is 3. The van der Waals surface area contributed by atoms with Gasteiger partial charge in [0.25, 0.3) is 0 Å². The maximum absolute atomic E-state index is 11.4. The largest absolute Gasteiger partial charge is 0.481 e. The van der Waals surface area contributed by atoms with Gasteiger partial charge in [-0.25, -0.2) is 0 Å². The van der Waals surface area contributed by atoms with Gasteiger partial charge in [-0.3, -0.25) is 4.79 Å². The SMILES string of the molecule is O=C(O)C1CCN(Cc2cccc(Cl)c2)c2ccccc21. The second-order valence-electron chi connectivity index (χ2n) is 5.29. The van der Waals surface area contributed by atoms with E-state index in [4.69, 9.17) is 11.6 Å². The van der Waals surface area contributed by atoms with Crippen LogP contribution in [0.1, 0.15) is 23.5 Å². The summed E-state index contributed by atoms with van der Waals surface area (Å²) in [5, 5.41) is 10.1. The van der Waals surface area contributed by atoms with Crippen molar-refractivity contribution in [3.8, 4) is 0 Å². The van der Waals surface area contributed by atoms with E-state index in [2.05, 4.69) is 4.90 Å². The Labute approximate surface area is 128 Å². The highest BCUT2D eigenvalue weighted by Gasteiger charge is 2.29. The normalized spacial score (nSPS) is 17.4. The van der Waals surface area contributed by atoms with Crippen LogP contribution in [0.15, 0.2) is 48.5 Å². The molecule has 4 heteroatoms. The lowest BCUT2D eigenvalue weighted by Gasteiger charge is -2.34. The van der Waals surface area contributed by atoms with Crippen LogP contribution in [0.25, 0.3) is 0 Å². The minimum atomic E-state index is -0.746. The molecular formula is C17H16ClNO2. The Morgan fingerprint density at radius 1 is 1.24 bits per heavy atom. The number of hydrogen-bond acceptors (Lipinski definition) is 2. The van der Waals surface area contributed by atoms with Crippen LogP contribution in [0.3, 0.4) is 0 Å². The molecule has 1 aliphatic rings. The molecule has 1 atom stereocenters. The van der Waals surface area contributed by atoms with E-state index in [-0.39, 0.29) is 0 Å². The van der Waals surface area contributed by atoms with Gasteiger partial charge in [0.15, 0.2) is 0 Å². The molecule has 0 saturated carbocycles. The minimum absolute atomic E-state index is 0.406. The van der Waals surface area contributed by atoms with Gasteiger partial charge in [-0.15, -0.1) is 0 Å². The molecule has 0 fully saturated rings. The van der Waals surface area contributed by atoms with Crippen LogP contribution in [0.2, 0.25) is 5.02 Å². The van der Waals surface area contributed by atoms with Crippen LogP contribution in [-0.4, -0.2) is 17.6 Å². The monoisotopic (exact) mass is 301 g/mol. The minimum Gasteiger partial charge on any atom is -0.481 e. The first-order chi connectivity index (χ1) is 10.1. The summed E-state index contributed by atoms with van der Waals surface area (Å²) in [6.07, 6.45) is 0.632. The van der Waals surface area contributed by atoms with Gasteiger partial charge in [0.2, 0.25) is 0 Å². The number of para-hydroxylation sites is 1. The predicted molar refractivity (Wildman–Crippen MR) is 83.9 cm³/mol. The van der Waals surface area contributed by atoms with Crippen LogP contribution >= 0.6 is 11.6 Å². The summed E-state index contributed by atoms with van der Waals surface area (Å²) in [7, 11) is 0. The van der Waals surface area contributed by atoms with Gasteiger partial charge in [-0.05, 0) is 35.7 Å². The molecule has 0 bridgehead atoms. The zero-order valence-corrected chi connectivity index (χ0v) is 12.3. The third kappa shape index (κ3) is 2.88. The molecule has 0 radical (unpaired) electrons. The molecule has 0 saturated heterocycles. The molecule has 0 spiro atoms. The summed E-state index contributed by atoms with van der Waals surface area (Å²) in [6.45, 7) is 1.48. The Morgan fingerprint density at radius 2 is 2.05 bits per heavy atom. The number of aliphatic carboxylic acids is 1. The number of fused-ring (bicyclic) bond motifs is 1. The third-order valence-corrected chi connectivity index (χ3v) is 4.14. The number of halogens is 1. The van der Waals surface area contributed by atoms with E-state index in [1.54, 1.807) is 0 Å². The van der Waals surface area contributed by atoms with Crippen molar-refractivity contribution in [2.24, 2.45) is 0 Å². The van der Waals surface area contributed by atoms with Crippen molar-refractivity contribution in [3.63, 3.8) is 0 Å². The molecule has 2 aromatic carbocycles. The second kappa shape index (κ2) is 5.78. The molecule has 1 heterocycles. The van der Waals surface area contributed by atoms with E-state index < -0.39 is 11.9 Å². The first kappa shape index (κ1) is 14.0. The number of carboxylic acid groups (broad SMARTS) is 1. The zero-order valence-electron chi connectivity index (χ0n) is 11.5. The average molecular weight is 302 g/mol. The van der Waals surface area contributed by atoms with E-state index in [9.17, 15) is 9.90 Å². The first-order valence-corrected chi connectivity index (χ1v) is 7.34. The van der Waals surface area contributed by atoms with Gasteiger partial charge in [0, 0.05) is 23.8 Å². The van der Waals surface area contributed by atoms with Crippen molar-refractivity contribution in [2.75, 3.05) is 11.4 Å². The molecule has 2 aromatic rings. The summed E-state index contributed by atoms with van der Waals surface area (Å²) < 4.78 is 0. The van der Waals surface area contributed by atoms with Crippen molar-refractivity contribution in [2.45, 2.75) is 18.9 Å². The number of anilines is 1. The summed E-state index contributed by atoms with van der Waals surface area (Å²) >= 11 is 6.03. The van der Waals surface area contributed by atoms with Crippen molar-refractivity contribution < 1.29 is 9.90 Å². The highest BCUT2D eigenvalue weighted by atomic mass is 35.5. The summed E-state index contributed by atoms with van der Waals surface area (Å²) in [6, 6.07) is 15.5. The standard InChI is InChI=1S/C17H16ClNO2/c18-13-5-3-4-12(10-13)11-19-9-8-15(17(20)21)14-6-1-2-7-16(14)19/h1-7,10,15H,8-9,11H2,(H,20,21). The molecule has 0 amide bonds. The number of carbonyl (C=O) groups is 1. The van der Waals surface area contributed by atoms with Crippen molar-refractivity contribution in [1.29, 1.82) is 0 Å². The van der Waals surface area contributed by atoms with Gasteiger partial charge in [0.1, 0.15) is 0 Å². The third-order valence-electron chi connectivity index (χ3n) is 3.90. The van der Waals surface area contributed by atoms with Crippen molar-refractivity contribution >= 4 is 23.3 Å². The maximum Gasteiger partial charge on any atom is 0.311 e. The highest BCUT2D eigenvalue weighted by Crippen LogP contribution is 2.36. The fourth-order valence-electron chi connectivity index (χ4n) is 2.91. The Kier molecular flexibility index (Phi) is 3.84. The molecule has 1 aliphatic heterocycles. The molecule has 3 nitrogen and oxygen atoms in total. The molecule has 108 valence electrons. The Hall–Kier alpha value is -2.00. The molecular weight excluding hydrogens is 286 g/mol. The van der Waals surface area contributed by atoms with Crippen LogP contribution < -0.4 is 4.90 Å². The molecule has 1 N–H and O–H groups in total. The molecule has 21 heavy (non-hydrogen) atoms. The van der Waals surface area contributed by atoms with E-state index >= 15 is 0 Å². The molecule has 1 unspecified atom stereocenters. The first-order valence-electron chi connectivity index (χ1n) is 6.96. The maximum atomic E-state index is 11.4. The Morgan fingerprint density at radius 3 is 2.81 bits per heavy atom. The number of nitrogens with zero attached hydrogens (tertiary/aromatic N) is 1. The summed E-state index contributed by atoms with van der Waals surface area (Å²) in [5.74, 6) is -1.15.